The van der Waals surface area contributed by atoms with Crippen LogP contribution in [-0.4, -0.2) is 0 Å². The molecule has 0 saturated carbocycles. The fourth-order valence-corrected chi connectivity index (χ4v) is 8.50. The first kappa shape index (κ1) is 36.8. The van der Waals surface area contributed by atoms with E-state index in [0.717, 1.165) is 22.3 Å². The zero-order valence-corrected chi connectivity index (χ0v) is 32.3. The van der Waals surface area contributed by atoms with Gasteiger partial charge >= 0.3 is 0 Å². The number of fused-ring (bicyclic) bond motifs is 3. The molecule has 0 heterocycles. The summed E-state index contributed by atoms with van der Waals surface area (Å²) in [6, 6.07) is 49.5. The molecule has 0 N–H and O–H groups in total. The molecule has 6 aromatic carbocycles. The van der Waals surface area contributed by atoms with Crippen molar-refractivity contribution in [3.8, 4) is 40.5 Å². The van der Waals surface area contributed by atoms with Gasteiger partial charge in [0, 0.05) is 5.56 Å². The Labute approximate surface area is 328 Å². The first-order valence-electron chi connectivity index (χ1n) is 18.4. The SMILES string of the molecule is CCC(C)(Cl)c1cccc(Oc2ccc(C3(c4ccc(OC(CC)(CC)c5cccc(Cl)c5C#N)cc4)c4ccccc4-c4ccccc43)cc2)c1C#N. The molecular formula is C48H40Cl2N2O2. The van der Waals surface area contributed by atoms with Gasteiger partial charge in [0.15, 0.2) is 0 Å². The maximum absolute atomic E-state index is 10.2. The normalized spacial score (nSPS) is 13.9. The van der Waals surface area contributed by atoms with E-state index in [9.17, 15) is 10.5 Å². The lowest BCUT2D eigenvalue weighted by molar-refractivity contribution is 0.0570. The molecule has 0 aliphatic heterocycles. The summed E-state index contributed by atoms with van der Waals surface area (Å²) in [6.45, 7) is 8.08. The highest BCUT2D eigenvalue weighted by atomic mass is 35.5. The molecule has 1 unspecified atom stereocenters. The van der Waals surface area contributed by atoms with Gasteiger partial charge in [0.1, 0.15) is 35.0 Å². The van der Waals surface area contributed by atoms with E-state index in [1.165, 1.54) is 22.3 Å². The summed E-state index contributed by atoms with van der Waals surface area (Å²) in [6.07, 6.45) is 1.98. The Kier molecular flexibility index (Phi) is 10.0. The van der Waals surface area contributed by atoms with E-state index in [1.54, 1.807) is 6.07 Å². The number of rotatable bonds is 11. The molecule has 4 nitrogen and oxygen atoms in total. The van der Waals surface area contributed by atoms with Gasteiger partial charge in [-0.1, -0.05) is 129 Å². The number of benzene rings is 6. The van der Waals surface area contributed by atoms with E-state index in [2.05, 4.69) is 98.8 Å². The monoisotopic (exact) mass is 746 g/mol. The van der Waals surface area contributed by atoms with Gasteiger partial charge in [-0.15, -0.1) is 11.6 Å². The molecule has 1 atom stereocenters. The second-order valence-corrected chi connectivity index (χ2v) is 15.2. The van der Waals surface area contributed by atoms with Crippen molar-refractivity contribution in [3.63, 3.8) is 0 Å². The van der Waals surface area contributed by atoms with Crippen LogP contribution in [0.15, 0.2) is 133 Å². The number of hydrogen-bond acceptors (Lipinski definition) is 4. The summed E-state index contributed by atoms with van der Waals surface area (Å²) in [4.78, 5) is -0.687. The minimum Gasteiger partial charge on any atom is -0.483 e. The highest BCUT2D eigenvalue weighted by Crippen LogP contribution is 2.56. The smallest absolute Gasteiger partial charge is 0.145 e. The minimum atomic E-state index is -0.735. The Hall–Kier alpha value is -5.52. The number of hydrogen-bond donors (Lipinski definition) is 0. The van der Waals surface area contributed by atoms with Crippen molar-refractivity contribution in [2.24, 2.45) is 0 Å². The van der Waals surface area contributed by atoms with Gasteiger partial charge in [-0.2, -0.15) is 10.5 Å². The number of nitriles is 2. The Balaban J connectivity index is 1.32. The third-order valence-corrected chi connectivity index (χ3v) is 12.0. The van der Waals surface area contributed by atoms with E-state index in [-0.39, 0.29) is 0 Å². The van der Waals surface area contributed by atoms with Crippen LogP contribution in [0, 0.1) is 22.7 Å². The Morgan fingerprint density at radius 1 is 0.593 bits per heavy atom. The van der Waals surface area contributed by atoms with Gasteiger partial charge in [0.2, 0.25) is 0 Å². The lowest BCUT2D eigenvalue weighted by Gasteiger charge is -2.36. The van der Waals surface area contributed by atoms with Crippen molar-refractivity contribution in [2.45, 2.75) is 62.8 Å². The summed E-state index contributed by atoms with van der Waals surface area (Å²) in [5, 5.41) is 20.6. The van der Waals surface area contributed by atoms with Crippen molar-refractivity contribution < 1.29 is 9.47 Å². The van der Waals surface area contributed by atoms with E-state index < -0.39 is 15.9 Å². The summed E-state index contributed by atoms with van der Waals surface area (Å²) in [7, 11) is 0. The third kappa shape index (κ3) is 6.01. The molecule has 0 aromatic heterocycles. The topological polar surface area (TPSA) is 66.0 Å². The van der Waals surface area contributed by atoms with Gasteiger partial charge in [0.05, 0.1) is 26.4 Å². The Morgan fingerprint density at radius 3 is 1.65 bits per heavy atom. The van der Waals surface area contributed by atoms with E-state index in [1.807, 2.05) is 68.4 Å². The average molecular weight is 748 g/mol. The van der Waals surface area contributed by atoms with Crippen LogP contribution in [0.25, 0.3) is 11.1 Å². The highest BCUT2D eigenvalue weighted by molar-refractivity contribution is 6.31. The van der Waals surface area contributed by atoms with Gasteiger partial charge in [-0.25, -0.2) is 0 Å². The minimum absolute atomic E-state index is 0.422. The summed E-state index contributed by atoms with van der Waals surface area (Å²) < 4.78 is 13.2. The zero-order chi connectivity index (χ0) is 38.1. The molecule has 54 heavy (non-hydrogen) atoms. The number of nitrogens with zero attached hydrogens (tertiary/aromatic N) is 2. The van der Waals surface area contributed by atoms with Crippen LogP contribution in [0.2, 0.25) is 5.02 Å². The van der Waals surface area contributed by atoms with Crippen LogP contribution < -0.4 is 9.47 Å². The summed E-state index contributed by atoms with van der Waals surface area (Å²) in [5.41, 5.74) is 7.94. The Morgan fingerprint density at radius 2 is 1.11 bits per heavy atom. The van der Waals surface area contributed by atoms with E-state index in [0.29, 0.717) is 52.7 Å². The van der Waals surface area contributed by atoms with Gasteiger partial charge in [-0.05, 0) is 102 Å². The van der Waals surface area contributed by atoms with Crippen molar-refractivity contribution in [1.82, 2.24) is 0 Å². The standard InChI is InChI=1S/C48H40Cl2N2O2/c1-5-46(4,50)40-18-13-21-45(39(40)31-52)53-34-26-22-32(23-27-34)48(42-16-10-8-14-36(42)37-15-9-11-17-43(37)48)33-24-28-35(29-25-33)54-47(6-2,7-3)41-19-12-20-44(49)38(41)30-51/h8-29H,5-7H2,1-4H3. The average Bonchev–Trinajstić information content (AvgIpc) is 3.51. The predicted octanol–water partition coefficient (Wildman–Crippen LogP) is 13.2. The molecule has 1 aliphatic rings. The van der Waals surface area contributed by atoms with E-state index >= 15 is 0 Å². The first-order chi connectivity index (χ1) is 26.2. The van der Waals surface area contributed by atoms with Crippen molar-refractivity contribution in [3.05, 3.63) is 183 Å². The maximum atomic E-state index is 10.2. The van der Waals surface area contributed by atoms with E-state index in [4.69, 9.17) is 32.7 Å². The second kappa shape index (κ2) is 14.7. The molecule has 6 aromatic rings. The highest BCUT2D eigenvalue weighted by Gasteiger charge is 2.46. The molecule has 6 heteroatoms. The number of halogens is 2. The van der Waals surface area contributed by atoms with Crippen molar-refractivity contribution in [1.29, 1.82) is 10.5 Å². The number of ether oxygens (including phenoxy) is 2. The lowest BCUT2D eigenvalue weighted by Crippen LogP contribution is -2.33. The maximum Gasteiger partial charge on any atom is 0.145 e. The fraction of sp³-hybridized carbons (Fsp3) is 0.208. The van der Waals surface area contributed by atoms with Crippen LogP contribution >= 0.6 is 23.2 Å². The molecular weight excluding hydrogens is 707 g/mol. The first-order valence-corrected chi connectivity index (χ1v) is 19.1. The quantitative estimate of drug-likeness (QED) is 0.124. The second-order valence-electron chi connectivity index (χ2n) is 13.9. The van der Waals surface area contributed by atoms with Crippen molar-refractivity contribution in [2.75, 3.05) is 0 Å². The molecule has 0 spiro atoms. The third-order valence-electron chi connectivity index (χ3n) is 11.2. The molecule has 0 bridgehead atoms. The Bertz CT molecular complexity index is 2370. The molecule has 268 valence electrons. The zero-order valence-electron chi connectivity index (χ0n) is 30.8. The molecule has 0 saturated heterocycles. The van der Waals surface area contributed by atoms with Crippen LogP contribution in [0.5, 0.6) is 17.2 Å². The van der Waals surface area contributed by atoms with Gasteiger partial charge in [-0.3, -0.25) is 0 Å². The molecule has 1 aliphatic carbocycles. The molecule has 7 rings (SSSR count). The lowest BCUT2D eigenvalue weighted by atomic mass is 9.67. The van der Waals surface area contributed by atoms with Crippen LogP contribution in [0.4, 0.5) is 0 Å². The van der Waals surface area contributed by atoms with Crippen LogP contribution in [-0.2, 0) is 15.9 Å². The predicted molar refractivity (Wildman–Crippen MR) is 218 cm³/mol. The number of alkyl halides is 1. The molecule has 0 amide bonds. The summed E-state index contributed by atoms with van der Waals surface area (Å²) >= 11 is 13.3. The molecule has 0 radical (unpaired) electrons. The summed E-state index contributed by atoms with van der Waals surface area (Å²) in [5.74, 6) is 1.79. The van der Waals surface area contributed by atoms with Crippen LogP contribution in [0.1, 0.15) is 91.5 Å². The fourth-order valence-electron chi connectivity index (χ4n) is 8.13. The van der Waals surface area contributed by atoms with Crippen LogP contribution in [0.3, 0.4) is 0 Å². The van der Waals surface area contributed by atoms with Gasteiger partial charge in [0.25, 0.3) is 0 Å². The largest absolute Gasteiger partial charge is 0.483 e. The molecule has 0 fully saturated rings. The van der Waals surface area contributed by atoms with Crippen molar-refractivity contribution >= 4 is 23.2 Å². The van der Waals surface area contributed by atoms with Gasteiger partial charge < -0.3 is 9.47 Å².